The first-order valence-corrected chi connectivity index (χ1v) is 7.14. The zero-order valence-electron chi connectivity index (χ0n) is 12.3. The van der Waals surface area contributed by atoms with Gasteiger partial charge in [-0.3, -0.25) is 9.59 Å². The van der Waals surface area contributed by atoms with Gasteiger partial charge in [0.25, 0.3) is 0 Å². The van der Waals surface area contributed by atoms with Crippen LogP contribution in [0.5, 0.6) is 5.75 Å². The lowest BCUT2D eigenvalue weighted by molar-refractivity contribution is -0.120. The molecule has 0 heterocycles. The molecule has 0 aliphatic heterocycles. The van der Waals surface area contributed by atoms with E-state index < -0.39 is 5.91 Å². The molecule has 1 aliphatic rings. The van der Waals surface area contributed by atoms with E-state index in [1.165, 1.54) is 0 Å². The minimum Gasteiger partial charge on any atom is -0.493 e. The third-order valence-corrected chi connectivity index (χ3v) is 3.65. The van der Waals surface area contributed by atoms with E-state index >= 15 is 0 Å². The van der Waals surface area contributed by atoms with Crippen molar-refractivity contribution in [2.24, 2.45) is 17.4 Å². The van der Waals surface area contributed by atoms with E-state index in [4.69, 9.17) is 16.2 Å². The minimum atomic E-state index is -0.396. The Hall–Kier alpha value is -1.79. The van der Waals surface area contributed by atoms with Gasteiger partial charge in [0.2, 0.25) is 11.8 Å². The van der Waals surface area contributed by atoms with Gasteiger partial charge < -0.3 is 21.5 Å². The van der Waals surface area contributed by atoms with Gasteiger partial charge in [-0.05, 0) is 37.1 Å². The lowest BCUT2D eigenvalue weighted by atomic mass is 10.0. The first-order chi connectivity index (χ1) is 10.1. The first-order valence-electron chi connectivity index (χ1n) is 7.14. The Balaban J connectivity index is 0.00000242. The molecule has 122 valence electrons. The number of primary amides is 1. The van der Waals surface area contributed by atoms with Crippen LogP contribution in [-0.4, -0.2) is 24.5 Å². The standard InChI is InChI=1S/C15H21N3O3.ClH/c16-13-3-1-2-12(13)15(20)18-10-4-6-11(7-5-10)21-9-8-14(17)19;/h4-7,12-13H,1-3,8-9,16H2,(H2,17,19)(H,18,20);1H. The van der Waals surface area contributed by atoms with Crippen LogP contribution in [0.15, 0.2) is 24.3 Å². The average molecular weight is 328 g/mol. The number of nitrogens with two attached hydrogens (primary N) is 2. The van der Waals surface area contributed by atoms with Crippen molar-refractivity contribution < 1.29 is 14.3 Å². The largest absolute Gasteiger partial charge is 0.493 e. The summed E-state index contributed by atoms with van der Waals surface area (Å²) in [6.07, 6.45) is 2.94. The number of ether oxygens (including phenoxy) is 1. The summed E-state index contributed by atoms with van der Waals surface area (Å²) >= 11 is 0. The van der Waals surface area contributed by atoms with Crippen LogP contribution in [0.3, 0.4) is 0 Å². The molecular formula is C15H22ClN3O3. The highest BCUT2D eigenvalue weighted by Crippen LogP contribution is 2.25. The number of benzene rings is 1. The number of rotatable bonds is 6. The van der Waals surface area contributed by atoms with Crippen molar-refractivity contribution in [3.8, 4) is 5.75 Å². The van der Waals surface area contributed by atoms with Gasteiger partial charge >= 0.3 is 0 Å². The quantitative estimate of drug-likeness (QED) is 0.734. The summed E-state index contributed by atoms with van der Waals surface area (Å²) in [4.78, 5) is 22.7. The van der Waals surface area contributed by atoms with Gasteiger partial charge in [-0.25, -0.2) is 0 Å². The smallest absolute Gasteiger partial charge is 0.229 e. The fraction of sp³-hybridized carbons (Fsp3) is 0.467. The second-order valence-electron chi connectivity index (χ2n) is 5.28. The van der Waals surface area contributed by atoms with Crippen molar-refractivity contribution in [3.05, 3.63) is 24.3 Å². The predicted octanol–water partition coefficient (Wildman–Crippen LogP) is 1.43. The molecule has 1 aromatic carbocycles. The Kier molecular flexibility index (Phi) is 7.14. The fourth-order valence-corrected chi connectivity index (χ4v) is 2.45. The zero-order valence-corrected chi connectivity index (χ0v) is 13.1. The van der Waals surface area contributed by atoms with Crippen LogP contribution in [0.2, 0.25) is 0 Å². The van der Waals surface area contributed by atoms with Gasteiger partial charge in [-0.2, -0.15) is 0 Å². The molecule has 2 unspecified atom stereocenters. The monoisotopic (exact) mass is 327 g/mol. The molecule has 1 aliphatic carbocycles. The SMILES string of the molecule is Cl.NC(=O)CCOc1ccc(NC(=O)C2CCCC2N)cc1. The van der Waals surface area contributed by atoms with Crippen LogP contribution in [0, 0.1) is 5.92 Å². The molecule has 2 atom stereocenters. The molecule has 2 rings (SSSR count). The Morgan fingerprint density at radius 3 is 2.45 bits per heavy atom. The van der Waals surface area contributed by atoms with Gasteiger partial charge in [0.15, 0.2) is 0 Å². The summed E-state index contributed by atoms with van der Waals surface area (Å²) in [5, 5.41) is 2.87. The molecule has 7 heteroatoms. The van der Waals surface area contributed by atoms with Gasteiger partial charge in [-0.1, -0.05) is 6.42 Å². The van der Waals surface area contributed by atoms with Crippen LogP contribution in [0.25, 0.3) is 0 Å². The molecule has 6 nitrogen and oxygen atoms in total. The van der Waals surface area contributed by atoms with Crippen molar-refractivity contribution in [2.75, 3.05) is 11.9 Å². The molecule has 22 heavy (non-hydrogen) atoms. The van der Waals surface area contributed by atoms with E-state index in [2.05, 4.69) is 5.32 Å². The van der Waals surface area contributed by atoms with Crippen LogP contribution >= 0.6 is 12.4 Å². The van der Waals surface area contributed by atoms with Crippen molar-refractivity contribution >= 4 is 29.9 Å². The first kappa shape index (κ1) is 18.3. The second kappa shape index (κ2) is 8.60. The zero-order chi connectivity index (χ0) is 15.2. The summed E-state index contributed by atoms with van der Waals surface area (Å²) in [5.41, 5.74) is 11.7. The van der Waals surface area contributed by atoms with Gasteiger partial charge in [0.05, 0.1) is 18.9 Å². The molecule has 0 saturated heterocycles. The Labute approximate surface area is 136 Å². The van der Waals surface area contributed by atoms with E-state index in [0.717, 1.165) is 19.3 Å². The molecule has 2 amide bonds. The molecule has 0 aromatic heterocycles. The lowest BCUT2D eigenvalue weighted by Crippen LogP contribution is -2.34. The lowest BCUT2D eigenvalue weighted by Gasteiger charge is -2.15. The second-order valence-corrected chi connectivity index (χ2v) is 5.28. The highest BCUT2D eigenvalue weighted by atomic mass is 35.5. The molecule has 0 spiro atoms. The number of amides is 2. The van der Waals surface area contributed by atoms with Gasteiger partial charge in [0, 0.05) is 11.7 Å². The van der Waals surface area contributed by atoms with E-state index in [9.17, 15) is 9.59 Å². The maximum absolute atomic E-state index is 12.1. The summed E-state index contributed by atoms with van der Waals surface area (Å²) in [6, 6.07) is 6.97. The van der Waals surface area contributed by atoms with Crippen LogP contribution < -0.4 is 21.5 Å². The van der Waals surface area contributed by atoms with Crippen molar-refractivity contribution in [1.82, 2.24) is 0 Å². The molecule has 1 aromatic rings. The van der Waals surface area contributed by atoms with Crippen LogP contribution in [0.1, 0.15) is 25.7 Å². The molecular weight excluding hydrogens is 306 g/mol. The number of carbonyl (C=O) groups is 2. The van der Waals surface area contributed by atoms with Crippen molar-refractivity contribution in [2.45, 2.75) is 31.7 Å². The number of hydrogen-bond acceptors (Lipinski definition) is 4. The topological polar surface area (TPSA) is 107 Å². The summed E-state index contributed by atoms with van der Waals surface area (Å²) in [7, 11) is 0. The third kappa shape index (κ3) is 5.20. The van der Waals surface area contributed by atoms with Gasteiger partial charge in [-0.15, -0.1) is 12.4 Å². The average Bonchev–Trinajstić information content (AvgIpc) is 2.87. The van der Waals surface area contributed by atoms with E-state index in [-0.39, 0.29) is 43.3 Å². The minimum absolute atomic E-state index is 0. The van der Waals surface area contributed by atoms with Crippen LogP contribution in [0.4, 0.5) is 5.69 Å². The fourth-order valence-electron chi connectivity index (χ4n) is 2.45. The van der Waals surface area contributed by atoms with E-state index in [1.807, 2.05) is 0 Å². The molecule has 5 N–H and O–H groups in total. The summed E-state index contributed by atoms with van der Waals surface area (Å²) in [5.74, 6) is 0.109. The van der Waals surface area contributed by atoms with Gasteiger partial charge in [0.1, 0.15) is 5.75 Å². The Morgan fingerprint density at radius 1 is 1.23 bits per heavy atom. The van der Waals surface area contributed by atoms with Crippen molar-refractivity contribution in [1.29, 1.82) is 0 Å². The third-order valence-electron chi connectivity index (χ3n) is 3.65. The number of carbonyl (C=O) groups excluding carboxylic acids is 2. The van der Waals surface area contributed by atoms with E-state index in [1.54, 1.807) is 24.3 Å². The summed E-state index contributed by atoms with van der Waals surface area (Å²) < 4.78 is 5.36. The van der Waals surface area contributed by atoms with E-state index in [0.29, 0.717) is 11.4 Å². The Morgan fingerprint density at radius 2 is 1.91 bits per heavy atom. The molecule has 1 fully saturated rings. The highest BCUT2D eigenvalue weighted by Gasteiger charge is 2.30. The Bertz CT molecular complexity index is 507. The number of nitrogens with one attached hydrogen (secondary N) is 1. The maximum Gasteiger partial charge on any atom is 0.229 e. The predicted molar refractivity (Wildman–Crippen MR) is 86.9 cm³/mol. The molecule has 0 radical (unpaired) electrons. The number of halogens is 1. The molecule has 0 bridgehead atoms. The molecule has 1 saturated carbocycles. The number of hydrogen-bond donors (Lipinski definition) is 3. The normalized spacial score (nSPS) is 20.0. The maximum atomic E-state index is 12.1. The summed E-state index contributed by atoms with van der Waals surface area (Å²) in [6.45, 7) is 0.248. The number of anilines is 1. The highest BCUT2D eigenvalue weighted by molar-refractivity contribution is 5.93. The van der Waals surface area contributed by atoms with Crippen LogP contribution in [-0.2, 0) is 9.59 Å². The van der Waals surface area contributed by atoms with Crippen molar-refractivity contribution in [3.63, 3.8) is 0 Å².